The van der Waals surface area contributed by atoms with Crippen LogP contribution in [0.4, 0.5) is 15.8 Å². The van der Waals surface area contributed by atoms with Crippen molar-refractivity contribution in [3.05, 3.63) is 88.2 Å². The first kappa shape index (κ1) is 20.1. The van der Waals surface area contributed by atoms with E-state index in [9.17, 15) is 19.3 Å². The van der Waals surface area contributed by atoms with E-state index in [0.717, 1.165) is 0 Å². The second-order valence-electron chi connectivity index (χ2n) is 6.39. The zero-order valence-corrected chi connectivity index (χ0v) is 16.5. The summed E-state index contributed by atoms with van der Waals surface area (Å²) in [5, 5.41) is 16.1. The van der Waals surface area contributed by atoms with Gasteiger partial charge in [-0.1, -0.05) is 12.1 Å². The largest absolute Gasteiger partial charge is 0.436 e. The summed E-state index contributed by atoms with van der Waals surface area (Å²) >= 11 is 5.16. The standard InChI is InChI=1S/C21H13FN4O4S/c22-16-4-2-1-3-15(16)20-24-17-11-13(7-10-18(17)30-20)23-21(31)25-19(27)12-5-8-14(9-6-12)26(28)29/h1-11H,(H2,23,25,27,31). The minimum absolute atomic E-state index is 0.0283. The molecule has 10 heteroatoms. The van der Waals surface area contributed by atoms with Crippen molar-refractivity contribution in [2.75, 3.05) is 5.32 Å². The highest BCUT2D eigenvalue weighted by Crippen LogP contribution is 2.27. The summed E-state index contributed by atoms with van der Waals surface area (Å²) in [6.45, 7) is 0. The van der Waals surface area contributed by atoms with E-state index in [4.69, 9.17) is 16.6 Å². The van der Waals surface area contributed by atoms with Gasteiger partial charge in [0.05, 0.1) is 10.5 Å². The summed E-state index contributed by atoms with van der Waals surface area (Å²) in [5.74, 6) is -0.807. The van der Waals surface area contributed by atoms with Gasteiger partial charge in [0.25, 0.3) is 11.6 Å². The van der Waals surface area contributed by atoms with E-state index in [1.54, 1.807) is 36.4 Å². The Morgan fingerprint density at radius 1 is 1.10 bits per heavy atom. The fraction of sp³-hybridized carbons (Fsp3) is 0. The molecule has 154 valence electrons. The normalized spacial score (nSPS) is 10.6. The van der Waals surface area contributed by atoms with Crippen LogP contribution in [0, 0.1) is 15.9 Å². The molecule has 0 unspecified atom stereocenters. The second-order valence-corrected chi connectivity index (χ2v) is 6.80. The first-order valence-corrected chi connectivity index (χ1v) is 9.34. The third-order valence-corrected chi connectivity index (χ3v) is 4.52. The molecule has 4 rings (SSSR count). The van der Waals surface area contributed by atoms with Crippen molar-refractivity contribution in [2.24, 2.45) is 0 Å². The molecule has 0 spiro atoms. The summed E-state index contributed by atoms with van der Waals surface area (Å²) in [6, 6.07) is 16.3. The topological polar surface area (TPSA) is 110 Å². The molecule has 1 heterocycles. The van der Waals surface area contributed by atoms with Crippen molar-refractivity contribution in [1.82, 2.24) is 10.3 Å². The van der Waals surface area contributed by atoms with Crippen molar-refractivity contribution in [2.45, 2.75) is 0 Å². The van der Waals surface area contributed by atoms with Crippen LogP contribution in [0.2, 0.25) is 0 Å². The monoisotopic (exact) mass is 436 g/mol. The number of carbonyl (C=O) groups is 1. The Bertz CT molecular complexity index is 1320. The molecule has 0 saturated carbocycles. The highest BCUT2D eigenvalue weighted by atomic mass is 32.1. The van der Waals surface area contributed by atoms with Crippen LogP contribution in [0.15, 0.2) is 71.1 Å². The number of thiocarbonyl (C=S) groups is 1. The molecule has 2 N–H and O–H groups in total. The quantitative estimate of drug-likeness (QED) is 0.272. The van der Waals surface area contributed by atoms with Gasteiger partial charge in [0.15, 0.2) is 10.7 Å². The number of halogens is 1. The predicted molar refractivity (Wildman–Crippen MR) is 116 cm³/mol. The summed E-state index contributed by atoms with van der Waals surface area (Å²) in [5.41, 5.74) is 1.83. The molecule has 4 aromatic rings. The maximum absolute atomic E-state index is 14.0. The van der Waals surface area contributed by atoms with Gasteiger partial charge in [0.2, 0.25) is 5.89 Å². The second kappa shape index (κ2) is 8.28. The molecule has 1 amide bonds. The molecule has 0 radical (unpaired) electrons. The van der Waals surface area contributed by atoms with Crippen molar-refractivity contribution in [3.63, 3.8) is 0 Å². The molecular weight excluding hydrogens is 423 g/mol. The average Bonchev–Trinajstić information content (AvgIpc) is 3.17. The SMILES string of the molecule is O=C(NC(=S)Nc1ccc2oc(-c3ccccc3F)nc2c1)c1ccc([N+](=O)[O-])cc1. The third-order valence-electron chi connectivity index (χ3n) is 4.32. The average molecular weight is 436 g/mol. The zero-order valence-electron chi connectivity index (χ0n) is 15.7. The molecular formula is C21H13FN4O4S. The Kier molecular flexibility index (Phi) is 5.37. The van der Waals surface area contributed by atoms with E-state index in [1.807, 2.05) is 0 Å². The van der Waals surface area contributed by atoms with Crippen LogP contribution in [-0.2, 0) is 0 Å². The number of nitro groups is 1. The number of hydrogen-bond acceptors (Lipinski definition) is 6. The van der Waals surface area contributed by atoms with Crippen LogP contribution < -0.4 is 10.6 Å². The van der Waals surface area contributed by atoms with E-state index in [1.165, 1.54) is 30.3 Å². The lowest BCUT2D eigenvalue weighted by molar-refractivity contribution is -0.384. The summed E-state index contributed by atoms with van der Waals surface area (Å²) in [4.78, 5) is 26.7. The number of nitrogens with zero attached hydrogens (tertiary/aromatic N) is 2. The molecule has 0 bridgehead atoms. The van der Waals surface area contributed by atoms with Crippen molar-refractivity contribution in [3.8, 4) is 11.5 Å². The Hall–Kier alpha value is -4.18. The van der Waals surface area contributed by atoms with Crippen LogP contribution >= 0.6 is 12.2 Å². The molecule has 0 saturated heterocycles. The number of aromatic nitrogens is 1. The summed E-state index contributed by atoms with van der Waals surface area (Å²) < 4.78 is 19.6. The number of fused-ring (bicyclic) bond motifs is 1. The van der Waals surface area contributed by atoms with E-state index in [0.29, 0.717) is 16.8 Å². The van der Waals surface area contributed by atoms with Crippen molar-refractivity contribution < 1.29 is 18.5 Å². The number of hydrogen-bond donors (Lipinski definition) is 2. The molecule has 0 aliphatic heterocycles. The number of amides is 1. The Morgan fingerprint density at radius 3 is 2.55 bits per heavy atom. The number of rotatable bonds is 4. The van der Waals surface area contributed by atoms with Crippen LogP contribution in [0.25, 0.3) is 22.6 Å². The van der Waals surface area contributed by atoms with Gasteiger partial charge in [-0.25, -0.2) is 9.37 Å². The molecule has 3 aromatic carbocycles. The number of benzene rings is 3. The van der Waals surface area contributed by atoms with E-state index < -0.39 is 16.6 Å². The number of carbonyl (C=O) groups excluding carboxylic acids is 1. The lowest BCUT2D eigenvalue weighted by Crippen LogP contribution is -2.34. The van der Waals surface area contributed by atoms with Crippen LogP contribution in [0.1, 0.15) is 10.4 Å². The lowest BCUT2D eigenvalue weighted by atomic mass is 10.2. The van der Waals surface area contributed by atoms with Gasteiger partial charge < -0.3 is 9.73 Å². The van der Waals surface area contributed by atoms with Gasteiger partial charge in [-0.2, -0.15) is 0 Å². The van der Waals surface area contributed by atoms with Gasteiger partial charge in [-0.15, -0.1) is 0 Å². The Labute approximate surface area is 179 Å². The first-order valence-electron chi connectivity index (χ1n) is 8.93. The number of nitro benzene ring substituents is 1. The molecule has 0 atom stereocenters. The zero-order chi connectivity index (χ0) is 22.0. The highest BCUT2D eigenvalue weighted by Gasteiger charge is 2.14. The molecule has 0 fully saturated rings. The van der Waals surface area contributed by atoms with Gasteiger partial charge in [-0.3, -0.25) is 20.2 Å². The summed E-state index contributed by atoms with van der Waals surface area (Å²) in [7, 11) is 0. The molecule has 1 aromatic heterocycles. The minimum Gasteiger partial charge on any atom is -0.436 e. The highest BCUT2D eigenvalue weighted by molar-refractivity contribution is 7.80. The van der Waals surface area contributed by atoms with Crippen LogP contribution in [-0.4, -0.2) is 20.9 Å². The number of oxazole rings is 1. The maximum Gasteiger partial charge on any atom is 0.269 e. The summed E-state index contributed by atoms with van der Waals surface area (Å²) in [6.07, 6.45) is 0. The number of anilines is 1. The Balaban J connectivity index is 1.46. The van der Waals surface area contributed by atoms with Crippen LogP contribution in [0.5, 0.6) is 0 Å². The van der Waals surface area contributed by atoms with E-state index in [2.05, 4.69) is 15.6 Å². The van der Waals surface area contributed by atoms with E-state index in [-0.39, 0.29) is 27.8 Å². The van der Waals surface area contributed by atoms with Gasteiger partial charge in [0.1, 0.15) is 11.3 Å². The Morgan fingerprint density at radius 2 is 1.84 bits per heavy atom. The van der Waals surface area contributed by atoms with Crippen molar-refractivity contribution in [1.29, 1.82) is 0 Å². The fourth-order valence-electron chi connectivity index (χ4n) is 2.83. The molecule has 31 heavy (non-hydrogen) atoms. The maximum atomic E-state index is 14.0. The van der Waals surface area contributed by atoms with Crippen molar-refractivity contribution >= 4 is 45.7 Å². The minimum atomic E-state index is -0.550. The predicted octanol–water partition coefficient (Wildman–Crippen LogP) is 4.67. The van der Waals surface area contributed by atoms with Gasteiger partial charge >= 0.3 is 0 Å². The smallest absolute Gasteiger partial charge is 0.269 e. The molecule has 0 aliphatic rings. The van der Waals surface area contributed by atoms with E-state index >= 15 is 0 Å². The number of non-ortho nitro benzene ring substituents is 1. The first-order chi connectivity index (χ1) is 14.9. The molecule has 0 aliphatic carbocycles. The molecule has 8 nitrogen and oxygen atoms in total. The number of nitrogens with one attached hydrogen (secondary N) is 2. The van der Waals surface area contributed by atoms with Gasteiger partial charge in [-0.05, 0) is 54.7 Å². The van der Waals surface area contributed by atoms with Crippen LogP contribution in [0.3, 0.4) is 0 Å². The third kappa shape index (κ3) is 4.38. The van der Waals surface area contributed by atoms with Gasteiger partial charge in [0, 0.05) is 23.4 Å². The lowest BCUT2D eigenvalue weighted by Gasteiger charge is -2.09. The fourth-order valence-corrected chi connectivity index (χ4v) is 3.04.